The molecule has 18 heavy (non-hydrogen) atoms. The van der Waals surface area contributed by atoms with Gasteiger partial charge in [-0.1, -0.05) is 13.3 Å². The van der Waals surface area contributed by atoms with Gasteiger partial charge < -0.3 is 10.1 Å². The second-order valence-corrected chi connectivity index (χ2v) is 4.16. The number of H-pyrrole nitrogens is 1. The lowest BCUT2D eigenvalue weighted by atomic mass is 10.1. The summed E-state index contributed by atoms with van der Waals surface area (Å²) in [5.41, 5.74) is 1.70. The van der Waals surface area contributed by atoms with Gasteiger partial charge in [0.25, 0.3) is 5.56 Å². The van der Waals surface area contributed by atoms with Crippen LogP contribution in [-0.2, 0) is 6.42 Å². The second kappa shape index (κ2) is 5.00. The number of aromatic hydroxyl groups is 1. The summed E-state index contributed by atoms with van der Waals surface area (Å²) in [5, 5.41) is 9.80. The average molecular weight is 245 g/mol. The molecule has 0 atom stereocenters. The van der Waals surface area contributed by atoms with E-state index in [1.54, 1.807) is 12.4 Å². The van der Waals surface area contributed by atoms with Gasteiger partial charge >= 0.3 is 0 Å². The van der Waals surface area contributed by atoms with Gasteiger partial charge in [-0.05, 0) is 25.0 Å². The molecule has 5 heteroatoms. The lowest BCUT2D eigenvalue weighted by Gasteiger charge is -2.06. The van der Waals surface area contributed by atoms with Crippen molar-refractivity contribution in [2.24, 2.45) is 0 Å². The molecule has 2 rings (SSSR count). The van der Waals surface area contributed by atoms with E-state index in [-0.39, 0.29) is 11.4 Å². The van der Waals surface area contributed by atoms with Gasteiger partial charge in [-0.15, -0.1) is 0 Å². The number of rotatable bonds is 3. The van der Waals surface area contributed by atoms with Crippen molar-refractivity contribution in [3.8, 4) is 17.3 Å². The summed E-state index contributed by atoms with van der Waals surface area (Å²) >= 11 is 0. The van der Waals surface area contributed by atoms with E-state index in [1.165, 1.54) is 0 Å². The first-order valence-electron chi connectivity index (χ1n) is 5.86. The van der Waals surface area contributed by atoms with E-state index in [4.69, 9.17) is 0 Å². The monoisotopic (exact) mass is 245 g/mol. The topological polar surface area (TPSA) is 78.9 Å². The molecule has 0 saturated carbocycles. The smallest absolute Gasteiger partial charge is 0.258 e. The first kappa shape index (κ1) is 12.3. The number of nitrogens with zero attached hydrogens (tertiary/aromatic N) is 2. The lowest BCUT2D eigenvalue weighted by Crippen LogP contribution is -2.15. The van der Waals surface area contributed by atoms with Crippen LogP contribution in [0.15, 0.2) is 23.3 Å². The average Bonchev–Trinajstić information content (AvgIpc) is 2.34. The number of aromatic nitrogens is 3. The molecule has 0 aliphatic heterocycles. The molecule has 2 heterocycles. The van der Waals surface area contributed by atoms with Crippen LogP contribution in [0, 0.1) is 6.92 Å². The minimum Gasteiger partial charge on any atom is -0.493 e. The number of aryl methyl sites for hydroxylation is 1. The minimum absolute atomic E-state index is 0.196. The lowest BCUT2D eigenvalue weighted by molar-refractivity contribution is 0.443. The van der Waals surface area contributed by atoms with Crippen LogP contribution in [0.1, 0.15) is 24.5 Å². The fourth-order valence-corrected chi connectivity index (χ4v) is 1.80. The van der Waals surface area contributed by atoms with Gasteiger partial charge in [0.05, 0.1) is 5.56 Å². The van der Waals surface area contributed by atoms with E-state index in [1.807, 2.05) is 19.9 Å². The Morgan fingerprint density at radius 3 is 2.83 bits per heavy atom. The first-order valence-corrected chi connectivity index (χ1v) is 5.86. The largest absolute Gasteiger partial charge is 0.493 e. The Morgan fingerprint density at radius 1 is 1.44 bits per heavy atom. The molecule has 94 valence electrons. The zero-order valence-corrected chi connectivity index (χ0v) is 10.4. The van der Waals surface area contributed by atoms with Crippen molar-refractivity contribution in [2.45, 2.75) is 26.7 Å². The van der Waals surface area contributed by atoms with Crippen molar-refractivity contribution in [1.29, 1.82) is 0 Å². The van der Waals surface area contributed by atoms with Crippen molar-refractivity contribution >= 4 is 0 Å². The van der Waals surface area contributed by atoms with Gasteiger partial charge in [-0.2, -0.15) is 4.98 Å². The third-order valence-electron chi connectivity index (χ3n) is 2.79. The van der Waals surface area contributed by atoms with E-state index in [2.05, 4.69) is 15.0 Å². The summed E-state index contributed by atoms with van der Waals surface area (Å²) in [6.07, 6.45) is 4.58. The summed E-state index contributed by atoms with van der Waals surface area (Å²) in [6.45, 7) is 3.84. The van der Waals surface area contributed by atoms with Crippen molar-refractivity contribution in [2.75, 3.05) is 0 Å². The third kappa shape index (κ3) is 2.25. The van der Waals surface area contributed by atoms with E-state index in [9.17, 15) is 9.90 Å². The van der Waals surface area contributed by atoms with Crippen molar-refractivity contribution in [1.82, 2.24) is 15.0 Å². The van der Waals surface area contributed by atoms with Crippen molar-refractivity contribution in [3.05, 3.63) is 39.9 Å². The molecule has 0 bridgehead atoms. The van der Waals surface area contributed by atoms with Crippen LogP contribution in [-0.4, -0.2) is 20.1 Å². The van der Waals surface area contributed by atoms with Crippen LogP contribution < -0.4 is 5.56 Å². The number of hydrogen-bond acceptors (Lipinski definition) is 4. The highest BCUT2D eigenvalue weighted by Crippen LogP contribution is 2.20. The third-order valence-corrected chi connectivity index (χ3v) is 2.79. The molecule has 0 saturated heterocycles. The highest BCUT2D eigenvalue weighted by Gasteiger charge is 2.12. The van der Waals surface area contributed by atoms with Gasteiger partial charge in [0.2, 0.25) is 5.88 Å². The van der Waals surface area contributed by atoms with E-state index < -0.39 is 0 Å². The Bertz CT molecular complexity index is 620. The molecule has 2 N–H and O–H groups in total. The number of nitrogens with one attached hydrogen (secondary N) is 1. The van der Waals surface area contributed by atoms with Gasteiger partial charge in [0.15, 0.2) is 0 Å². The zero-order valence-electron chi connectivity index (χ0n) is 10.4. The molecule has 0 aromatic carbocycles. The first-order chi connectivity index (χ1) is 8.63. The molecule has 0 aliphatic carbocycles. The molecule has 0 fully saturated rings. The summed E-state index contributed by atoms with van der Waals surface area (Å²) in [6, 6.07) is 1.83. The molecule has 2 aromatic rings. The number of aromatic amines is 1. The molecule has 0 aliphatic rings. The highest BCUT2D eigenvalue weighted by molar-refractivity contribution is 5.58. The van der Waals surface area contributed by atoms with E-state index in [0.717, 1.165) is 12.0 Å². The Morgan fingerprint density at radius 2 is 2.22 bits per heavy atom. The van der Waals surface area contributed by atoms with Crippen LogP contribution in [0.2, 0.25) is 0 Å². The summed E-state index contributed by atoms with van der Waals surface area (Å²) in [7, 11) is 0. The van der Waals surface area contributed by atoms with Gasteiger partial charge in [-0.3, -0.25) is 9.78 Å². The van der Waals surface area contributed by atoms with Crippen molar-refractivity contribution < 1.29 is 5.11 Å². The molecule has 0 radical (unpaired) electrons. The maximum absolute atomic E-state index is 11.9. The second-order valence-electron chi connectivity index (χ2n) is 4.16. The van der Waals surface area contributed by atoms with Crippen LogP contribution >= 0.6 is 0 Å². The van der Waals surface area contributed by atoms with E-state index in [0.29, 0.717) is 23.4 Å². The molecular formula is C13H15N3O2. The predicted octanol–water partition coefficient (Wildman–Crippen LogP) is 1.80. The minimum atomic E-state index is -0.289. The summed E-state index contributed by atoms with van der Waals surface area (Å²) in [4.78, 5) is 22.6. The Hall–Kier alpha value is -2.17. The Balaban J connectivity index is 2.55. The van der Waals surface area contributed by atoms with Gasteiger partial charge in [-0.25, -0.2) is 0 Å². The molecule has 0 amide bonds. The highest BCUT2D eigenvalue weighted by atomic mass is 16.3. The van der Waals surface area contributed by atoms with Crippen LogP contribution in [0.25, 0.3) is 11.4 Å². The van der Waals surface area contributed by atoms with Crippen LogP contribution in [0.3, 0.4) is 0 Å². The SMILES string of the molecule is CCCc1c(O)nc(-c2cnccc2C)[nH]c1=O. The molecule has 0 spiro atoms. The zero-order chi connectivity index (χ0) is 13.1. The fraction of sp³-hybridized carbons (Fsp3) is 0.308. The van der Waals surface area contributed by atoms with Gasteiger partial charge in [0.1, 0.15) is 5.82 Å². The standard InChI is InChI=1S/C13H15N3O2/c1-3-4-9-12(17)15-11(16-13(9)18)10-7-14-6-5-8(10)2/h5-7H,3-4H2,1-2H3,(H2,15,16,17,18). The fourth-order valence-electron chi connectivity index (χ4n) is 1.80. The van der Waals surface area contributed by atoms with E-state index >= 15 is 0 Å². The number of pyridine rings is 1. The van der Waals surface area contributed by atoms with Crippen LogP contribution in [0.5, 0.6) is 5.88 Å². The Labute approximate surface area is 105 Å². The molecule has 0 unspecified atom stereocenters. The van der Waals surface area contributed by atoms with Gasteiger partial charge in [0, 0.05) is 18.0 Å². The Kier molecular flexibility index (Phi) is 3.41. The number of hydrogen-bond donors (Lipinski definition) is 2. The van der Waals surface area contributed by atoms with Crippen LogP contribution in [0.4, 0.5) is 0 Å². The molecule has 2 aromatic heterocycles. The maximum atomic E-state index is 11.9. The predicted molar refractivity (Wildman–Crippen MR) is 68.5 cm³/mol. The normalized spacial score (nSPS) is 10.6. The summed E-state index contributed by atoms with van der Waals surface area (Å²) in [5.74, 6) is 0.154. The summed E-state index contributed by atoms with van der Waals surface area (Å²) < 4.78 is 0. The quantitative estimate of drug-likeness (QED) is 0.864. The molecular weight excluding hydrogens is 230 g/mol. The maximum Gasteiger partial charge on any atom is 0.258 e. The van der Waals surface area contributed by atoms with Crippen molar-refractivity contribution in [3.63, 3.8) is 0 Å². The molecule has 5 nitrogen and oxygen atoms in total.